The Labute approximate surface area is 193 Å². The SMILES string of the molecule is Cc1ccc(NS(=O)(=O)c2cc(C(=O)NCCOc3cccc(C)c3C)ccc2Cl)cc1. The van der Waals surface area contributed by atoms with E-state index >= 15 is 0 Å². The number of benzene rings is 3. The number of halogens is 1. The van der Waals surface area contributed by atoms with Crippen LogP contribution in [0, 0.1) is 20.8 Å². The molecule has 2 N–H and O–H groups in total. The number of rotatable bonds is 8. The van der Waals surface area contributed by atoms with Crippen LogP contribution < -0.4 is 14.8 Å². The van der Waals surface area contributed by atoms with Crippen molar-refractivity contribution in [1.29, 1.82) is 0 Å². The first kappa shape index (κ1) is 23.6. The largest absolute Gasteiger partial charge is 0.491 e. The van der Waals surface area contributed by atoms with Crippen LogP contribution in [0.3, 0.4) is 0 Å². The van der Waals surface area contributed by atoms with Gasteiger partial charge in [0.15, 0.2) is 0 Å². The van der Waals surface area contributed by atoms with Gasteiger partial charge in [-0.25, -0.2) is 8.42 Å². The first-order valence-electron chi connectivity index (χ1n) is 10.0. The highest BCUT2D eigenvalue weighted by Crippen LogP contribution is 2.25. The standard InChI is InChI=1S/C24H25ClN2O4S/c1-16-7-10-20(11-8-16)27-32(29,30)23-15-19(9-12-21(23)25)24(28)26-13-14-31-22-6-4-5-17(2)18(22)3/h4-12,15,27H,13-14H2,1-3H3,(H,26,28). The normalized spacial score (nSPS) is 11.1. The van der Waals surface area contributed by atoms with E-state index in [0.717, 1.165) is 22.4 Å². The fourth-order valence-electron chi connectivity index (χ4n) is 2.99. The molecule has 0 aliphatic heterocycles. The minimum absolute atomic E-state index is 0.0272. The van der Waals surface area contributed by atoms with E-state index in [9.17, 15) is 13.2 Å². The lowest BCUT2D eigenvalue weighted by atomic mass is 10.1. The lowest BCUT2D eigenvalue weighted by molar-refractivity contribution is 0.0946. The van der Waals surface area contributed by atoms with Crippen molar-refractivity contribution in [3.05, 3.63) is 87.9 Å². The molecule has 0 radical (unpaired) electrons. The minimum atomic E-state index is -3.97. The third-order valence-corrected chi connectivity index (χ3v) is 6.85. The molecule has 1 amide bonds. The number of carbonyl (C=O) groups is 1. The molecule has 0 saturated heterocycles. The molecule has 3 aromatic carbocycles. The van der Waals surface area contributed by atoms with Crippen LogP contribution in [0.1, 0.15) is 27.0 Å². The van der Waals surface area contributed by atoms with Crippen LogP contribution >= 0.6 is 11.6 Å². The molecule has 0 fully saturated rings. The van der Waals surface area contributed by atoms with Gasteiger partial charge in [0.1, 0.15) is 17.3 Å². The molecule has 168 valence electrons. The zero-order valence-corrected chi connectivity index (χ0v) is 19.7. The number of hydrogen-bond acceptors (Lipinski definition) is 4. The van der Waals surface area contributed by atoms with Crippen LogP contribution in [0.15, 0.2) is 65.6 Å². The van der Waals surface area contributed by atoms with E-state index in [1.165, 1.54) is 18.2 Å². The van der Waals surface area contributed by atoms with Gasteiger partial charge in [-0.05, 0) is 68.3 Å². The average molecular weight is 473 g/mol. The van der Waals surface area contributed by atoms with Crippen molar-refractivity contribution in [1.82, 2.24) is 5.32 Å². The van der Waals surface area contributed by atoms with E-state index in [2.05, 4.69) is 10.0 Å². The zero-order chi connectivity index (χ0) is 23.3. The Morgan fingerprint density at radius 1 is 1.00 bits per heavy atom. The number of anilines is 1. The molecular formula is C24H25ClN2O4S. The van der Waals surface area contributed by atoms with Crippen LogP contribution in [0.4, 0.5) is 5.69 Å². The summed E-state index contributed by atoms with van der Waals surface area (Å²) in [6, 6.07) is 16.8. The average Bonchev–Trinajstić information content (AvgIpc) is 2.75. The highest BCUT2D eigenvalue weighted by molar-refractivity contribution is 7.92. The maximum atomic E-state index is 12.8. The highest BCUT2D eigenvalue weighted by Gasteiger charge is 2.20. The van der Waals surface area contributed by atoms with Crippen molar-refractivity contribution in [3.63, 3.8) is 0 Å². The molecule has 0 aromatic heterocycles. The fraction of sp³-hybridized carbons (Fsp3) is 0.208. The van der Waals surface area contributed by atoms with Crippen LogP contribution in [0.2, 0.25) is 5.02 Å². The van der Waals surface area contributed by atoms with E-state index in [0.29, 0.717) is 5.69 Å². The molecule has 0 heterocycles. The maximum absolute atomic E-state index is 12.8. The van der Waals surface area contributed by atoms with Gasteiger partial charge in [0.25, 0.3) is 15.9 Å². The Morgan fingerprint density at radius 3 is 2.44 bits per heavy atom. The smallest absolute Gasteiger partial charge is 0.263 e. The van der Waals surface area contributed by atoms with Crippen molar-refractivity contribution in [2.45, 2.75) is 25.7 Å². The van der Waals surface area contributed by atoms with Crippen molar-refractivity contribution in [3.8, 4) is 5.75 Å². The van der Waals surface area contributed by atoms with Gasteiger partial charge in [-0.2, -0.15) is 0 Å². The first-order chi connectivity index (χ1) is 15.2. The maximum Gasteiger partial charge on any atom is 0.263 e. The monoisotopic (exact) mass is 472 g/mol. The molecule has 0 unspecified atom stereocenters. The van der Waals surface area contributed by atoms with Crippen LogP contribution in [-0.2, 0) is 10.0 Å². The summed E-state index contributed by atoms with van der Waals surface area (Å²) in [6.45, 7) is 6.43. The number of nitrogens with one attached hydrogen (secondary N) is 2. The van der Waals surface area contributed by atoms with Gasteiger partial charge in [-0.1, -0.05) is 41.4 Å². The quantitative estimate of drug-likeness (QED) is 0.458. The lowest BCUT2D eigenvalue weighted by Gasteiger charge is -2.13. The van der Waals surface area contributed by atoms with Gasteiger partial charge in [0.2, 0.25) is 0 Å². The zero-order valence-electron chi connectivity index (χ0n) is 18.1. The third-order valence-electron chi connectivity index (χ3n) is 4.99. The predicted octanol–water partition coefficient (Wildman–Crippen LogP) is 4.87. The van der Waals surface area contributed by atoms with Crippen LogP contribution in [0.25, 0.3) is 0 Å². The summed E-state index contributed by atoms with van der Waals surface area (Å²) in [4.78, 5) is 12.4. The van der Waals surface area contributed by atoms with Gasteiger partial charge in [-0.3, -0.25) is 9.52 Å². The lowest BCUT2D eigenvalue weighted by Crippen LogP contribution is -2.28. The fourth-order valence-corrected chi connectivity index (χ4v) is 4.58. The van der Waals surface area contributed by atoms with E-state index in [1.807, 2.05) is 39.0 Å². The number of ether oxygens (including phenoxy) is 1. The molecule has 0 saturated carbocycles. The summed E-state index contributed by atoms with van der Waals surface area (Å²) in [6.07, 6.45) is 0. The summed E-state index contributed by atoms with van der Waals surface area (Å²) < 4.78 is 33.8. The molecular weight excluding hydrogens is 448 g/mol. The van der Waals surface area contributed by atoms with Gasteiger partial charge in [-0.15, -0.1) is 0 Å². The van der Waals surface area contributed by atoms with Gasteiger partial charge in [0.05, 0.1) is 11.6 Å². The van der Waals surface area contributed by atoms with Crippen molar-refractivity contribution in [2.75, 3.05) is 17.9 Å². The minimum Gasteiger partial charge on any atom is -0.491 e. The second kappa shape index (κ2) is 10.1. The molecule has 0 spiro atoms. The second-order valence-electron chi connectivity index (χ2n) is 7.42. The Bertz CT molecular complexity index is 1230. The topological polar surface area (TPSA) is 84.5 Å². The van der Waals surface area contributed by atoms with Gasteiger partial charge >= 0.3 is 0 Å². The third kappa shape index (κ3) is 5.81. The molecule has 8 heteroatoms. The molecule has 0 bridgehead atoms. The summed E-state index contributed by atoms with van der Waals surface area (Å²) >= 11 is 6.13. The van der Waals surface area contributed by atoms with Crippen molar-refractivity contribution < 1.29 is 17.9 Å². The Hall–Kier alpha value is -3.03. The van der Waals surface area contributed by atoms with Crippen LogP contribution in [-0.4, -0.2) is 27.5 Å². The van der Waals surface area contributed by atoms with Gasteiger partial charge in [0, 0.05) is 11.3 Å². The highest BCUT2D eigenvalue weighted by atomic mass is 35.5. The number of sulfonamides is 1. The Balaban J connectivity index is 1.65. The van der Waals surface area contributed by atoms with Crippen LogP contribution in [0.5, 0.6) is 5.75 Å². The number of carbonyl (C=O) groups excluding carboxylic acids is 1. The molecule has 0 aliphatic rings. The Kier molecular flexibility index (Phi) is 7.43. The second-order valence-corrected chi connectivity index (χ2v) is 9.48. The Morgan fingerprint density at radius 2 is 1.72 bits per heavy atom. The molecule has 3 rings (SSSR count). The van der Waals surface area contributed by atoms with E-state index in [-0.39, 0.29) is 28.6 Å². The summed E-state index contributed by atoms with van der Waals surface area (Å²) in [5, 5.41) is 2.76. The number of amides is 1. The molecule has 6 nitrogen and oxygen atoms in total. The number of aryl methyl sites for hydroxylation is 2. The van der Waals surface area contributed by atoms with Gasteiger partial charge < -0.3 is 10.1 Å². The molecule has 3 aromatic rings. The first-order valence-corrected chi connectivity index (χ1v) is 11.9. The van der Waals surface area contributed by atoms with Crippen molar-refractivity contribution >= 4 is 33.2 Å². The summed E-state index contributed by atoms with van der Waals surface area (Å²) in [5.41, 5.74) is 3.77. The molecule has 0 aliphatic carbocycles. The van der Waals surface area contributed by atoms with E-state index in [1.54, 1.807) is 24.3 Å². The summed E-state index contributed by atoms with van der Waals surface area (Å²) in [7, 11) is -3.97. The molecule has 32 heavy (non-hydrogen) atoms. The predicted molar refractivity (Wildman–Crippen MR) is 127 cm³/mol. The van der Waals surface area contributed by atoms with E-state index in [4.69, 9.17) is 16.3 Å². The van der Waals surface area contributed by atoms with Crippen molar-refractivity contribution in [2.24, 2.45) is 0 Å². The number of hydrogen-bond donors (Lipinski definition) is 2. The molecule has 0 atom stereocenters. The van der Waals surface area contributed by atoms with E-state index < -0.39 is 15.9 Å². The summed E-state index contributed by atoms with van der Waals surface area (Å²) in [5.74, 6) is 0.347.